The van der Waals surface area contributed by atoms with E-state index in [-0.39, 0.29) is 17.5 Å². The van der Waals surface area contributed by atoms with E-state index >= 15 is 0 Å². The minimum Gasteiger partial charge on any atom is -0.327 e. The van der Waals surface area contributed by atoms with Crippen molar-refractivity contribution in [1.82, 2.24) is 25.1 Å². The second kappa shape index (κ2) is 8.60. The molecule has 1 fully saturated rings. The van der Waals surface area contributed by atoms with Crippen molar-refractivity contribution in [3.05, 3.63) is 63.6 Å². The number of aryl methyl sites for hydroxylation is 1. The van der Waals surface area contributed by atoms with E-state index in [9.17, 15) is 14.0 Å². The Morgan fingerprint density at radius 3 is 2.58 bits per heavy atom. The molecule has 2 heterocycles. The Kier molecular flexibility index (Phi) is 5.88. The van der Waals surface area contributed by atoms with Crippen molar-refractivity contribution < 1.29 is 14.0 Å². The van der Waals surface area contributed by atoms with E-state index in [4.69, 9.17) is 23.2 Å². The van der Waals surface area contributed by atoms with Crippen LogP contribution < -0.4 is 5.32 Å². The average molecular weight is 463 g/mol. The first-order chi connectivity index (χ1) is 14.8. The molecule has 8 nitrogen and oxygen atoms in total. The van der Waals surface area contributed by atoms with Crippen LogP contribution in [0.4, 0.5) is 10.1 Å². The van der Waals surface area contributed by atoms with Crippen LogP contribution in [0.1, 0.15) is 29.0 Å². The maximum absolute atomic E-state index is 14.3. The van der Waals surface area contributed by atoms with Gasteiger partial charge in [-0.1, -0.05) is 23.2 Å². The zero-order valence-electron chi connectivity index (χ0n) is 16.3. The van der Waals surface area contributed by atoms with E-state index in [1.54, 1.807) is 6.92 Å². The number of anilines is 1. The number of tetrazole rings is 1. The molecule has 4 rings (SSSR count). The number of aromatic nitrogens is 4. The molecule has 0 aliphatic carbocycles. The number of halogens is 3. The fourth-order valence-electron chi connectivity index (χ4n) is 3.56. The molecular weight excluding hydrogens is 446 g/mol. The number of carbonyl (C=O) groups is 2. The van der Waals surface area contributed by atoms with Crippen LogP contribution in [-0.2, 0) is 4.79 Å². The number of benzene rings is 2. The predicted molar refractivity (Wildman–Crippen MR) is 113 cm³/mol. The van der Waals surface area contributed by atoms with E-state index in [2.05, 4.69) is 20.8 Å². The molecule has 1 aromatic heterocycles. The van der Waals surface area contributed by atoms with Gasteiger partial charge in [0.25, 0.3) is 5.91 Å². The first-order valence-electron chi connectivity index (χ1n) is 9.46. The van der Waals surface area contributed by atoms with Gasteiger partial charge in [0.2, 0.25) is 5.91 Å². The zero-order chi connectivity index (χ0) is 22.1. The Bertz CT molecular complexity index is 1150. The van der Waals surface area contributed by atoms with Gasteiger partial charge in [-0.2, -0.15) is 4.68 Å². The fraction of sp³-hybridized carbons (Fsp3) is 0.250. The summed E-state index contributed by atoms with van der Waals surface area (Å²) in [6.07, 6.45) is 1.18. The molecule has 1 N–H and O–H groups in total. The molecule has 2 aromatic carbocycles. The Morgan fingerprint density at radius 2 is 1.90 bits per heavy atom. The van der Waals surface area contributed by atoms with Crippen LogP contribution in [0.3, 0.4) is 0 Å². The SMILES string of the molecule is Cc1nnnn1-c1cc(NC(=O)C2CCCN2C(=O)c2cc(Cl)cc(Cl)c2)ccc1F. The van der Waals surface area contributed by atoms with E-state index < -0.39 is 11.9 Å². The fourth-order valence-corrected chi connectivity index (χ4v) is 4.08. The van der Waals surface area contributed by atoms with Gasteiger partial charge in [0.15, 0.2) is 5.82 Å². The lowest BCUT2D eigenvalue weighted by Crippen LogP contribution is -2.43. The Balaban J connectivity index is 1.54. The number of rotatable bonds is 4. The number of nitrogens with zero attached hydrogens (tertiary/aromatic N) is 5. The van der Waals surface area contributed by atoms with Crippen molar-refractivity contribution >= 4 is 40.7 Å². The van der Waals surface area contributed by atoms with Crippen LogP contribution in [0.5, 0.6) is 0 Å². The smallest absolute Gasteiger partial charge is 0.254 e. The molecule has 1 atom stereocenters. The van der Waals surface area contributed by atoms with Crippen molar-refractivity contribution in [3.8, 4) is 5.69 Å². The van der Waals surface area contributed by atoms with Gasteiger partial charge in [0.05, 0.1) is 0 Å². The van der Waals surface area contributed by atoms with Crippen LogP contribution in [0, 0.1) is 12.7 Å². The summed E-state index contributed by atoms with van der Waals surface area (Å²) in [6, 6.07) is 7.99. The molecule has 31 heavy (non-hydrogen) atoms. The summed E-state index contributed by atoms with van der Waals surface area (Å²) in [6.45, 7) is 2.06. The lowest BCUT2D eigenvalue weighted by atomic mass is 10.1. The average Bonchev–Trinajstić information content (AvgIpc) is 3.37. The molecule has 0 saturated carbocycles. The number of hydrogen-bond acceptors (Lipinski definition) is 5. The lowest BCUT2D eigenvalue weighted by Gasteiger charge is -2.24. The van der Waals surface area contributed by atoms with Crippen LogP contribution in [0.2, 0.25) is 10.0 Å². The molecule has 1 saturated heterocycles. The second-order valence-corrected chi connectivity index (χ2v) is 7.98. The van der Waals surface area contributed by atoms with Gasteiger partial charge in [0, 0.05) is 27.8 Å². The Hall–Kier alpha value is -3.04. The van der Waals surface area contributed by atoms with Gasteiger partial charge in [0.1, 0.15) is 17.5 Å². The van der Waals surface area contributed by atoms with Crippen LogP contribution in [-0.4, -0.2) is 49.5 Å². The quantitative estimate of drug-likeness (QED) is 0.638. The summed E-state index contributed by atoms with van der Waals surface area (Å²) in [5.74, 6) is -0.838. The number of nitrogens with one attached hydrogen (secondary N) is 1. The zero-order valence-corrected chi connectivity index (χ0v) is 17.9. The number of likely N-dealkylation sites (tertiary alicyclic amines) is 1. The van der Waals surface area contributed by atoms with Gasteiger partial charge in [-0.15, -0.1) is 5.10 Å². The molecule has 160 valence electrons. The predicted octanol–water partition coefficient (Wildman–Crippen LogP) is 3.66. The molecule has 1 unspecified atom stereocenters. The summed E-state index contributed by atoms with van der Waals surface area (Å²) in [5.41, 5.74) is 0.782. The molecule has 0 bridgehead atoms. The van der Waals surface area contributed by atoms with Crippen LogP contribution in [0.25, 0.3) is 5.69 Å². The third-order valence-electron chi connectivity index (χ3n) is 4.99. The number of carbonyl (C=O) groups excluding carboxylic acids is 2. The van der Waals surface area contributed by atoms with Gasteiger partial charge < -0.3 is 10.2 Å². The minimum absolute atomic E-state index is 0.105. The molecule has 1 aliphatic rings. The minimum atomic E-state index is -0.673. The van der Waals surface area contributed by atoms with Crippen molar-refractivity contribution in [1.29, 1.82) is 0 Å². The maximum atomic E-state index is 14.3. The van der Waals surface area contributed by atoms with Crippen molar-refractivity contribution in [3.63, 3.8) is 0 Å². The van der Waals surface area contributed by atoms with Gasteiger partial charge >= 0.3 is 0 Å². The first kappa shape index (κ1) is 21.2. The molecule has 0 radical (unpaired) electrons. The molecule has 2 amide bonds. The molecule has 11 heteroatoms. The molecule has 3 aromatic rings. The van der Waals surface area contributed by atoms with E-state index in [0.717, 1.165) is 0 Å². The topological polar surface area (TPSA) is 93.0 Å². The van der Waals surface area contributed by atoms with Gasteiger partial charge in [-0.25, -0.2) is 4.39 Å². The standard InChI is InChI=1S/C20H17Cl2FN6O2/c1-11-25-26-27-29(11)18-10-15(4-5-16(18)23)24-19(30)17-3-2-6-28(17)20(31)12-7-13(21)9-14(22)8-12/h4-5,7-10,17H,2-3,6H2,1H3,(H,24,30). The first-order valence-corrected chi connectivity index (χ1v) is 10.2. The van der Waals surface area contributed by atoms with E-state index in [1.165, 1.54) is 46.0 Å². The largest absolute Gasteiger partial charge is 0.327 e. The summed E-state index contributed by atoms with van der Waals surface area (Å²) < 4.78 is 15.5. The lowest BCUT2D eigenvalue weighted by molar-refractivity contribution is -0.119. The highest BCUT2D eigenvalue weighted by Gasteiger charge is 2.35. The van der Waals surface area contributed by atoms with Crippen molar-refractivity contribution in [2.45, 2.75) is 25.8 Å². The van der Waals surface area contributed by atoms with Crippen LogP contribution in [0.15, 0.2) is 36.4 Å². The summed E-state index contributed by atoms with van der Waals surface area (Å²) in [7, 11) is 0. The summed E-state index contributed by atoms with van der Waals surface area (Å²) in [5, 5.41) is 14.4. The highest BCUT2D eigenvalue weighted by Crippen LogP contribution is 2.26. The number of amides is 2. The van der Waals surface area contributed by atoms with E-state index in [0.29, 0.717) is 46.5 Å². The Morgan fingerprint density at radius 1 is 1.16 bits per heavy atom. The molecule has 0 spiro atoms. The van der Waals surface area contributed by atoms with Gasteiger partial charge in [-0.3, -0.25) is 9.59 Å². The molecular formula is C20H17Cl2FN6O2. The second-order valence-electron chi connectivity index (χ2n) is 7.11. The Labute approximate surface area is 186 Å². The summed E-state index contributed by atoms with van der Waals surface area (Å²) >= 11 is 12.0. The third kappa shape index (κ3) is 4.38. The highest BCUT2D eigenvalue weighted by atomic mass is 35.5. The van der Waals surface area contributed by atoms with Crippen molar-refractivity contribution in [2.24, 2.45) is 0 Å². The normalized spacial score (nSPS) is 15.9. The highest BCUT2D eigenvalue weighted by molar-refractivity contribution is 6.35. The van der Waals surface area contributed by atoms with Crippen molar-refractivity contribution in [2.75, 3.05) is 11.9 Å². The monoisotopic (exact) mass is 462 g/mol. The van der Waals surface area contributed by atoms with Gasteiger partial charge in [-0.05, 0) is 66.6 Å². The third-order valence-corrected chi connectivity index (χ3v) is 5.43. The summed E-state index contributed by atoms with van der Waals surface area (Å²) in [4.78, 5) is 27.4. The number of hydrogen-bond donors (Lipinski definition) is 1. The van der Waals surface area contributed by atoms with E-state index in [1.807, 2.05) is 0 Å². The van der Waals surface area contributed by atoms with Crippen LogP contribution >= 0.6 is 23.2 Å². The molecule has 1 aliphatic heterocycles. The maximum Gasteiger partial charge on any atom is 0.254 e.